The molecule has 1 aliphatic heterocycles. The first-order chi connectivity index (χ1) is 15.4. The highest BCUT2D eigenvalue weighted by molar-refractivity contribution is 9.10. The van der Waals surface area contributed by atoms with E-state index in [1.165, 1.54) is 23.0 Å². The molecule has 1 aliphatic rings. The van der Waals surface area contributed by atoms with E-state index in [2.05, 4.69) is 15.9 Å². The van der Waals surface area contributed by atoms with Gasteiger partial charge in [-0.05, 0) is 54.7 Å². The summed E-state index contributed by atoms with van der Waals surface area (Å²) in [5.41, 5.74) is 1.15. The van der Waals surface area contributed by atoms with Crippen LogP contribution in [0.25, 0.3) is 6.08 Å². The van der Waals surface area contributed by atoms with Crippen molar-refractivity contribution in [2.75, 3.05) is 16.9 Å². The highest BCUT2D eigenvalue weighted by atomic mass is 79.9. The van der Waals surface area contributed by atoms with Crippen molar-refractivity contribution in [3.8, 4) is 11.5 Å². The normalized spacial score (nSPS) is 14.1. The van der Waals surface area contributed by atoms with E-state index >= 15 is 0 Å². The average Bonchev–Trinajstić information content (AvgIpc) is 2.80. The van der Waals surface area contributed by atoms with E-state index in [9.17, 15) is 14.7 Å². The van der Waals surface area contributed by atoms with Gasteiger partial charge in [0.05, 0.1) is 18.5 Å². The molecule has 0 spiro atoms. The fourth-order valence-corrected chi connectivity index (χ4v) is 4.19. The van der Waals surface area contributed by atoms with Crippen LogP contribution in [-0.4, -0.2) is 29.1 Å². The van der Waals surface area contributed by atoms with Gasteiger partial charge in [0.25, 0.3) is 11.8 Å². The van der Waals surface area contributed by atoms with Crippen LogP contribution in [0, 0.1) is 0 Å². The third-order valence-corrected chi connectivity index (χ3v) is 5.69. The lowest BCUT2D eigenvalue weighted by molar-refractivity contribution is -0.120. The number of hydrogen-bond acceptors (Lipinski definition) is 5. The molecule has 1 saturated heterocycles. The Labute approximate surface area is 198 Å². The molecule has 0 saturated carbocycles. The number of carbonyl (C=O) groups excluding carboxylic acids is 2. The molecule has 0 atom stereocenters. The van der Waals surface area contributed by atoms with Crippen molar-refractivity contribution in [1.82, 2.24) is 0 Å². The Morgan fingerprint density at radius 2 is 1.41 bits per heavy atom. The number of amides is 2. The monoisotopic (exact) mass is 508 g/mol. The van der Waals surface area contributed by atoms with Crippen molar-refractivity contribution in [3.63, 3.8) is 0 Å². The lowest BCUT2D eigenvalue weighted by atomic mass is 10.0. The Morgan fingerprint density at radius 3 is 1.88 bits per heavy atom. The number of ether oxygens (including phenoxy) is 1. The number of aromatic hydroxyl groups is 1. The highest BCUT2D eigenvalue weighted by Crippen LogP contribution is 2.36. The molecular formula is C24H17BrN2O4S. The number of carbonyl (C=O) groups is 2. The maximum atomic E-state index is 13.5. The number of benzene rings is 3. The van der Waals surface area contributed by atoms with Crippen molar-refractivity contribution in [2.45, 2.75) is 0 Å². The Morgan fingerprint density at radius 1 is 0.906 bits per heavy atom. The molecule has 1 heterocycles. The van der Waals surface area contributed by atoms with Gasteiger partial charge in [0, 0.05) is 10.0 Å². The minimum Gasteiger partial charge on any atom is -0.504 e. The number of methoxy groups -OCH3 is 1. The molecule has 3 aromatic rings. The molecule has 0 aliphatic carbocycles. The fourth-order valence-electron chi connectivity index (χ4n) is 3.35. The molecule has 1 N–H and O–H groups in total. The van der Waals surface area contributed by atoms with E-state index in [1.807, 2.05) is 12.1 Å². The van der Waals surface area contributed by atoms with Crippen LogP contribution in [0.4, 0.5) is 11.4 Å². The number of rotatable bonds is 4. The molecule has 0 bridgehead atoms. The Bertz CT molecular complexity index is 1180. The maximum absolute atomic E-state index is 13.5. The van der Waals surface area contributed by atoms with Crippen LogP contribution in [0.1, 0.15) is 5.56 Å². The number of phenols is 1. The topological polar surface area (TPSA) is 70.1 Å². The number of nitrogens with zero attached hydrogens (tertiary/aromatic N) is 2. The second kappa shape index (κ2) is 8.94. The van der Waals surface area contributed by atoms with Crippen molar-refractivity contribution >= 4 is 62.5 Å². The van der Waals surface area contributed by atoms with Crippen LogP contribution in [0.2, 0.25) is 0 Å². The number of thiocarbonyl (C=S) groups is 1. The molecular weight excluding hydrogens is 492 g/mol. The van der Waals surface area contributed by atoms with Crippen LogP contribution in [0.5, 0.6) is 11.5 Å². The van der Waals surface area contributed by atoms with Gasteiger partial charge in [-0.2, -0.15) is 0 Å². The van der Waals surface area contributed by atoms with Gasteiger partial charge >= 0.3 is 0 Å². The SMILES string of the molecule is COc1cc(Br)cc(C=C2C(=O)N(c3ccccc3)C(=S)N(c3ccccc3)C2=O)c1O. The van der Waals surface area contributed by atoms with Gasteiger partial charge in [0.1, 0.15) is 5.57 Å². The molecule has 8 heteroatoms. The molecule has 0 radical (unpaired) electrons. The first kappa shape index (κ1) is 21.7. The maximum Gasteiger partial charge on any atom is 0.270 e. The molecule has 160 valence electrons. The van der Waals surface area contributed by atoms with Crippen LogP contribution in [0.15, 0.2) is 82.8 Å². The summed E-state index contributed by atoms with van der Waals surface area (Å²) in [5, 5.41) is 10.6. The van der Waals surface area contributed by atoms with Gasteiger partial charge in [-0.25, -0.2) is 0 Å². The third kappa shape index (κ3) is 3.90. The predicted octanol–water partition coefficient (Wildman–Crippen LogP) is 4.91. The number of para-hydroxylation sites is 2. The zero-order valence-corrected chi connectivity index (χ0v) is 19.3. The van der Waals surface area contributed by atoms with Crippen LogP contribution in [-0.2, 0) is 9.59 Å². The van der Waals surface area contributed by atoms with Crippen molar-refractivity contribution in [3.05, 3.63) is 88.4 Å². The molecule has 2 amide bonds. The standard InChI is InChI=1S/C24H17BrN2O4S/c1-31-20-14-16(25)12-15(21(20)28)13-19-22(29)26(17-8-4-2-5-9-17)24(32)27(23(19)30)18-10-6-3-7-11-18/h2-14,28H,1H3. The summed E-state index contributed by atoms with van der Waals surface area (Å²) in [6, 6.07) is 20.9. The number of halogens is 1. The zero-order chi connectivity index (χ0) is 22.8. The second-order valence-electron chi connectivity index (χ2n) is 6.84. The molecule has 0 aromatic heterocycles. The second-order valence-corrected chi connectivity index (χ2v) is 8.12. The lowest BCUT2D eigenvalue weighted by Gasteiger charge is -2.36. The van der Waals surface area contributed by atoms with E-state index in [-0.39, 0.29) is 27.7 Å². The average molecular weight is 509 g/mol. The lowest BCUT2D eigenvalue weighted by Crippen LogP contribution is -2.56. The van der Waals surface area contributed by atoms with Crippen LogP contribution in [0.3, 0.4) is 0 Å². The number of phenolic OH excluding ortho intramolecular Hbond substituents is 1. The number of hydrogen-bond donors (Lipinski definition) is 1. The quantitative estimate of drug-likeness (QED) is 0.308. The summed E-state index contributed by atoms with van der Waals surface area (Å²) >= 11 is 8.93. The summed E-state index contributed by atoms with van der Waals surface area (Å²) in [4.78, 5) is 29.6. The third-order valence-electron chi connectivity index (χ3n) is 4.87. The fraction of sp³-hybridized carbons (Fsp3) is 0.0417. The first-order valence-electron chi connectivity index (χ1n) is 9.53. The van der Waals surface area contributed by atoms with Gasteiger partial charge in [-0.3, -0.25) is 19.4 Å². The molecule has 1 fully saturated rings. The van der Waals surface area contributed by atoms with Gasteiger partial charge in [-0.1, -0.05) is 52.3 Å². The molecule has 32 heavy (non-hydrogen) atoms. The van der Waals surface area contributed by atoms with E-state index in [4.69, 9.17) is 17.0 Å². The van der Waals surface area contributed by atoms with Gasteiger partial charge in [-0.15, -0.1) is 0 Å². The summed E-state index contributed by atoms with van der Waals surface area (Å²) in [6.07, 6.45) is 1.35. The Hall–Kier alpha value is -3.49. The summed E-state index contributed by atoms with van der Waals surface area (Å²) in [5.74, 6) is -1.15. The van der Waals surface area contributed by atoms with E-state index in [1.54, 1.807) is 60.7 Å². The molecule has 4 rings (SSSR count). The Kier molecular flexibility index (Phi) is 6.07. The molecule has 0 unspecified atom stereocenters. The highest BCUT2D eigenvalue weighted by Gasteiger charge is 2.41. The van der Waals surface area contributed by atoms with Crippen molar-refractivity contribution < 1.29 is 19.4 Å². The van der Waals surface area contributed by atoms with E-state index < -0.39 is 11.8 Å². The number of anilines is 2. The minimum absolute atomic E-state index is 0.0468. The van der Waals surface area contributed by atoms with E-state index in [0.29, 0.717) is 15.8 Å². The van der Waals surface area contributed by atoms with Gasteiger partial charge < -0.3 is 9.84 Å². The largest absolute Gasteiger partial charge is 0.504 e. The van der Waals surface area contributed by atoms with E-state index in [0.717, 1.165) is 0 Å². The Balaban J connectivity index is 1.91. The van der Waals surface area contributed by atoms with Crippen molar-refractivity contribution in [2.24, 2.45) is 0 Å². The smallest absolute Gasteiger partial charge is 0.270 e. The summed E-state index contributed by atoms with van der Waals surface area (Å²) in [7, 11) is 1.42. The van der Waals surface area contributed by atoms with Gasteiger partial charge in [0.15, 0.2) is 16.6 Å². The summed E-state index contributed by atoms with van der Waals surface area (Å²) in [6.45, 7) is 0. The van der Waals surface area contributed by atoms with Crippen LogP contribution < -0.4 is 14.5 Å². The molecule has 6 nitrogen and oxygen atoms in total. The summed E-state index contributed by atoms with van der Waals surface area (Å²) < 4.78 is 5.80. The zero-order valence-electron chi connectivity index (χ0n) is 16.9. The van der Waals surface area contributed by atoms with Crippen LogP contribution >= 0.6 is 28.1 Å². The van der Waals surface area contributed by atoms with Gasteiger partial charge in [0.2, 0.25) is 0 Å². The minimum atomic E-state index is -0.586. The first-order valence-corrected chi connectivity index (χ1v) is 10.7. The molecule has 3 aromatic carbocycles. The van der Waals surface area contributed by atoms with Crippen molar-refractivity contribution in [1.29, 1.82) is 0 Å². The predicted molar refractivity (Wildman–Crippen MR) is 131 cm³/mol.